The van der Waals surface area contributed by atoms with Gasteiger partial charge < -0.3 is 24.1 Å². The molecule has 2 aliphatic rings. The Bertz CT molecular complexity index is 877. The van der Waals surface area contributed by atoms with E-state index in [0.717, 1.165) is 54.7 Å². The quantitative estimate of drug-likeness (QED) is 0.725. The van der Waals surface area contributed by atoms with Crippen molar-refractivity contribution in [1.29, 1.82) is 0 Å². The van der Waals surface area contributed by atoms with Gasteiger partial charge in [-0.15, -0.1) is 0 Å². The van der Waals surface area contributed by atoms with Gasteiger partial charge in [0.05, 0.1) is 37.3 Å². The molecule has 0 bridgehead atoms. The highest BCUT2D eigenvalue weighted by Crippen LogP contribution is 2.32. The second-order valence-corrected chi connectivity index (χ2v) is 8.30. The predicted octanol–water partition coefficient (Wildman–Crippen LogP) is 3.57. The molecule has 156 valence electrons. The zero-order chi connectivity index (χ0) is 20.2. The van der Waals surface area contributed by atoms with E-state index in [1.165, 1.54) is 11.8 Å². The molecule has 1 amide bonds. The molecular weight excluding hydrogens is 390 g/mol. The Kier molecular flexibility index (Phi) is 6.30. The molecule has 0 aliphatic carbocycles. The molecule has 0 radical (unpaired) electrons. The van der Waals surface area contributed by atoms with Gasteiger partial charge >= 0.3 is 0 Å². The maximum atomic E-state index is 12.5. The van der Waals surface area contributed by atoms with Gasteiger partial charge in [0.25, 0.3) is 0 Å². The van der Waals surface area contributed by atoms with E-state index in [4.69, 9.17) is 14.2 Å². The van der Waals surface area contributed by atoms with Gasteiger partial charge in [-0.05, 0) is 38.8 Å². The van der Waals surface area contributed by atoms with Crippen LogP contribution in [-0.2, 0) is 16.1 Å². The Morgan fingerprint density at radius 2 is 2.03 bits per heavy atom. The maximum absolute atomic E-state index is 12.5. The average molecular weight is 418 g/mol. The second-order valence-electron chi connectivity index (χ2n) is 7.36. The molecule has 3 heterocycles. The van der Waals surface area contributed by atoms with E-state index in [1.54, 1.807) is 0 Å². The van der Waals surface area contributed by atoms with Crippen molar-refractivity contribution in [2.45, 2.75) is 50.9 Å². The average Bonchev–Trinajstić information content (AvgIpc) is 3.23. The number of imidazole rings is 1. The van der Waals surface area contributed by atoms with Gasteiger partial charge in [0.2, 0.25) is 5.91 Å². The van der Waals surface area contributed by atoms with Crippen molar-refractivity contribution in [1.82, 2.24) is 9.55 Å². The number of hydrogen-bond acceptors (Lipinski definition) is 6. The Morgan fingerprint density at radius 1 is 1.21 bits per heavy atom. The summed E-state index contributed by atoms with van der Waals surface area (Å²) in [6.45, 7) is 6.96. The lowest BCUT2D eigenvalue weighted by Crippen LogP contribution is -2.18. The van der Waals surface area contributed by atoms with Crippen molar-refractivity contribution >= 4 is 23.4 Å². The van der Waals surface area contributed by atoms with Crippen LogP contribution in [0.15, 0.2) is 23.4 Å². The number of carbonyl (C=O) groups excluding carboxylic acids is 1. The van der Waals surface area contributed by atoms with Crippen LogP contribution >= 0.6 is 11.8 Å². The fourth-order valence-corrected chi connectivity index (χ4v) is 4.41. The number of ether oxygens (including phenoxy) is 3. The third-order valence-electron chi connectivity index (χ3n) is 5.20. The van der Waals surface area contributed by atoms with Gasteiger partial charge in [0.1, 0.15) is 0 Å². The summed E-state index contributed by atoms with van der Waals surface area (Å²) >= 11 is 1.45. The number of nitrogens with one attached hydrogen (secondary N) is 1. The van der Waals surface area contributed by atoms with Crippen LogP contribution in [0, 0.1) is 13.8 Å². The molecule has 1 aromatic carbocycles. The van der Waals surface area contributed by atoms with E-state index in [2.05, 4.69) is 21.8 Å². The number of anilines is 1. The number of hydrogen-bond donors (Lipinski definition) is 1. The van der Waals surface area contributed by atoms with E-state index in [1.807, 2.05) is 25.1 Å². The fraction of sp³-hybridized carbons (Fsp3) is 0.524. The second kappa shape index (κ2) is 9.09. The number of aryl methyl sites for hydroxylation is 1. The Labute approximate surface area is 175 Å². The van der Waals surface area contributed by atoms with Gasteiger partial charge in [-0.2, -0.15) is 0 Å². The number of nitrogens with zero attached hydrogens (tertiary/aromatic N) is 2. The first-order valence-electron chi connectivity index (χ1n) is 10.1. The minimum absolute atomic E-state index is 0.0773. The zero-order valence-corrected chi connectivity index (χ0v) is 17.7. The topological polar surface area (TPSA) is 74.6 Å². The molecular formula is C21H27N3O4S. The molecule has 0 saturated carbocycles. The summed E-state index contributed by atoms with van der Waals surface area (Å²) in [5.74, 6) is 1.60. The predicted molar refractivity (Wildman–Crippen MR) is 112 cm³/mol. The summed E-state index contributed by atoms with van der Waals surface area (Å²) in [7, 11) is 0. The SMILES string of the molecule is Cc1nc(SCC(=O)Nc2ccc3c(c2)OCCCO3)n(CC2CCCO2)c1C. The summed E-state index contributed by atoms with van der Waals surface area (Å²) in [5.41, 5.74) is 2.83. The number of amides is 1. The van der Waals surface area contributed by atoms with Gasteiger partial charge in [-0.3, -0.25) is 4.79 Å². The number of fused-ring (bicyclic) bond motifs is 1. The van der Waals surface area contributed by atoms with Crippen molar-refractivity contribution in [3.63, 3.8) is 0 Å². The van der Waals surface area contributed by atoms with Gasteiger partial charge in [-0.25, -0.2) is 4.98 Å². The van der Waals surface area contributed by atoms with Crippen molar-refractivity contribution in [2.75, 3.05) is 30.9 Å². The van der Waals surface area contributed by atoms with Crippen molar-refractivity contribution < 1.29 is 19.0 Å². The van der Waals surface area contributed by atoms with E-state index in [0.29, 0.717) is 24.7 Å². The van der Waals surface area contributed by atoms with E-state index >= 15 is 0 Å². The number of aromatic nitrogens is 2. The third kappa shape index (κ3) is 4.87. The number of benzene rings is 1. The van der Waals surface area contributed by atoms with E-state index in [-0.39, 0.29) is 17.8 Å². The number of rotatable bonds is 6. The molecule has 7 nitrogen and oxygen atoms in total. The molecule has 1 N–H and O–H groups in total. The summed E-state index contributed by atoms with van der Waals surface area (Å²) < 4.78 is 19.3. The molecule has 1 saturated heterocycles. The zero-order valence-electron chi connectivity index (χ0n) is 16.9. The Hall–Kier alpha value is -2.19. The van der Waals surface area contributed by atoms with Crippen LogP contribution in [0.3, 0.4) is 0 Å². The molecule has 0 spiro atoms. The first kappa shape index (κ1) is 20.1. The van der Waals surface area contributed by atoms with Crippen LogP contribution in [0.2, 0.25) is 0 Å². The lowest BCUT2D eigenvalue weighted by Gasteiger charge is -2.14. The minimum atomic E-state index is -0.0773. The van der Waals surface area contributed by atoms with Crippen LogP contribution < -0.4 is 14.8 Å². The highest BCUT2D eigenvalue weighted by atomic mass is 32.2. The van der Waals surface area contributed by atoms with Crippen molar-refractivity contribution in [3.8, 4) is 11.5 Å². The van der Waals surface area contributed by atoms with Crippen molar-refractivity contribution in [3.05, 3.63) is 29.6 Å². The monoisotopic (exact) mass is 417 g/mol. The lowest BCUT2D eigenvalue weighted by molar-refractivity contribution is -0.113. The standard InChI is InChI=1S/C21H27N3O4S/c1-14-15(2)24(12-17-5-3-8-26-17)21(22-14)29-13-20(25)23-16-6-7-18-19(11-16)28-10-4-9-27-18/h6-7,11,17H,3-5,8-10,12-13H2,1-2H3,(H,23,25). The van der Waals surface area contributed by atoms with Crippen LogP contribution in [0.5, 0.6) is 11.5 Å². The molecule has 1 fully saturated rings. The molecule has 2 aliphatic heterocycles. The Morgan fingerprint density at radius 3 is 2.83 bits per heavy atom. The van der Waals surface area contributed by atoms with Crippen LogP contribution in [0.1, 0.15) is 30.7 Å². The first-order chi connectivity index (χ1) is 14.1. The molecule has 1 unspecified atom stereocenters. The number of carbonyl (C=O) groups is 1. The summed E-state index contributed by atoms with van der Waals surface area (Å²) in [6, 6.07) is 5.49. The largest absolute Gasteiger partial charge is 0.490 e. The van der Waals surface area contributed by atoms with Crippen LogP contribution in [0.4, 0.5) is 5.69 Å². The molecule has 2 aromatic rings. The molecule has 29 heavy (non-hydrogen) atoms. The lowest BCUT2D eigenvalue weighted by atomic mass is 10.2. The molecule has 8 heteroatoms. The Balaban J connectivity index is 1.37. The van der Waals surface area contributed by atoms with Gasteiger partial charge in [0.15, 0.2) is 16.7 Å². The van der Waals surface area contributed by atoms with Crippen LogP contribution in [0.25, 0.3) is 0 Å². The molecule has 4 rings (SSSR count). The smallest absolute Gasteiger partial charge is 0.234 e. The highest BCUT2D eigenvalue weighted by Gasteiger charge is 2.21. The maximum Gasteiger partial charge on any atom is 0.234 e. The summed E-state index contributed by atoms with van der Waals surface area (Å²) in [6.07, 6.45) is 3.27. The fourth-order valence-electron chi connectivity index (χ4n) is 3.51. The van der Waals surface area contributed by atoms with Gasteiger partial charge in [-0.1, -0.05) is 11.8 Å². The minimum Gasteiger partial charge on any atom is -0.490 e. The normalized spacial score (nSPS) is 18.5. The van der Waals surface area contributed by atoms with Crippen molar-refractivity contribution in [2.24, 2.45) is 0 Å². The first-order valence-corrected chi connectivity index (χ1v) is 11.1. The highest BCUT2D eigenvalue weighted by molar-refractivity contribution is 7.99. The molecule has 1 atom stereocenters. The third-order valence-corrected chi connectivity index (χ3v) is 6.17. The molecule has 1 aromatic heterocycles. The van der Waals surface area contributed by atoms with Crippen LogP contribution in [-0.4, -0.2) is 47.1 Å². The summed E-state index contributed by atoms with van der Waals surface area (Å²) in [4.78, 5) is 17.2. The van der Waals surface area contributed by atoms with Gasteiger partial charge in [0, 0.05) is 30.5 Å². The summed E-state index contributed by atoms with van der Waals surface area (Å²) in [5, 5.41) is 3.80. The van der Waals surface area contributed by atoms with E-state index in [9.17, 15) is 4.79 Å². The number of thioether (sulfide) groups is 1. The van der Waals surface area contributed by atoms with E-state index < -0.39 is 0 Å².